The highest BCUT2D eigenvalue weighted by atomic mass is 32.1. The normalized spacial score (nSPS) is 12.3. The van der Waals surface area contributed by atoms with Crippen molar-refractivity contribution in [3.63, 3.8) is 0 Å². The Balaban J connectivity index is 0.996. The number of rotatable bonds is 8. The van der Waals surface area contributed by atoms with Crippen molar-refractivity contribution < 1.29 is 8.83 Å². The summed E-state index contributed by atoms with van der Waals surface area (Å²) in [7, 11) is 0. The van der Waals surface area contributed by atoms with E-state index >= 15 is 0 Å². The number of nitrogens with zero attached hydrogens (tertiary/aromatic N) is 2. The first-order chi connectivity index (χ1) is 39.5. The van der Waals surface area contributed by atoms with Crippen molar-refractivity contribution >= 4 is 131 Å². The largest absolute Gasteiger partial charge is 0.454 e. The van der Waals surface area contributed by atoms with Gasteiger partial charge in [0.15, 0.2) is 11.2 Å². The molecule has 15 aromatic rings. The highest BCUT2D eigenvalue weighted by Gasteiger charge is 2.29. The minimum absolute atomic E-state index is 0.117. The molecule has 0 saturated heterocycles. The molecule has 81 heavy (non-hydrogen) atoms. The summed E-state index contributed by atoms with van der Waals surface area (Å²) in [6.07, 6.45) is 0. The first kappa shape index (κ1) is 48.7. The van der Waals surface area contributed by atoms with Gasteiger partial charge in [0.25, 0.3) is 0 Å². The van der Waals surface area contributed by atoms with Gasteiger partial charge in [-0.25, -0.2) is 0 Å². The third kappa shape index (κ3) is 7.93. The van der Waals surface area contributed by atoms with Crippen LogP contribution in [0.3, 0.4) is 0 Å². The average molecular weight is 1060 g/mol. The van der Waals surface area contributed by atoms with Crippen LogP contribution in [0.15, 0.2) is 251 Å². The van der Waals surface area contributed by atoms with Crippen molar-refractivity contribution in [3.05, 3.63) is 254 Å². The van der Waals surface area contributed by atoms with Crippen molar-refractivity contribution in [3.8, 4) is 22.3 Å². The second-order valence-corrected chi connectivity index (χ2v) is 24.7. The van der Waals surface area contributed by atoms with Crippen LogP contribution < -0.4 is 9.80 Å². The number of furan rings is 2. The van der Waals surface area contributed by atoms with Crippen molar-refractivity contribution in [1.82, 2.24) is 0 Å². The summed E-state index contributed by atoms with van der Waals surface area (Å²) in [5, 5.41) is 11.6. The molecule has 0 bridgehead atoms. The minimum atomic E-state index is -0.120. The lowest BCUT2D eigenvalue weighted by atomic mass is 9.86. The number of benzene rings is 12. The molecule has 0 amide bonds. The van der Waals surface area contributed by atoms with Crippen LogP contribution >= 0.6 is 11.3 Å². The third-order valence-corrected chi connectivity index (χ3v) is 17.7. The molecular formula is C76H58N2O2S. The van der Waals surface area contributed by atoms with E-state index in [1.807, 2.05) is 11.3 Å². The van der Waals surface area contributed by atoms with Crippen molar-refractivity contribution in [2.45, 2.75) is 52.4 Å². The van der Waals surface area contributed by atoms with Crippen LogP contribution in [0.5, 0.6) is 0 Å². The van der Waals surface area contributed by atoms with Crippen molar-refractivity contribution in [1.29, 1.82) is 0 Å². The van der Waals surface area contributed by atoms with E-state index in [0.29, 0.717) is 0 Å². The average Bonchev–Trinajstić information content (AvgIpc) is 2.80. The fourth-order valence-corrected chi connectivity index (χ4v) is 13.9. The van der Waals surface area contributed by atoms with Gasteiger partial charge in [0.1, 0.15) is 11.2 Å². The maximum absolute atomic E-state index is 7.22. The summed E-state index contributed by atoms with van der Waals surface area (Å²) in [6, 6.07) is 88.6. The molecule has 4 nitrogen and oxygen atoms in total. The summed E-state index contributed by atoms with van der Waals surface area (Å²) in [5.74, 6) is 0. The van der Waals surface area contributed by atoms with Crippen LogP contribution in [0, 0.1) is 0 Å². The molecule has 0 atom stereocenters. The number of fused-ring (bicyclic) bond motifs is 13. The third-order valence-electron chi connectivity index (χ3n) is 16.5. The molecule has 0 aliphatic carbocycles. The standard InChI is InChI=1S/C76H58N2O2S/c1-75(2,3)62-33-17-29-56-58-31-19-35-64(72(58)79-70(56)62)77(51-41-37-49(38-42-51)47-21-9-7-10-22-47)66-45-61-69-55-27-15-13-25-53(55)67(46-68(69)81-74(61)60-28-16-14-26-54(60)66)78(52-43-39-50(40-44-52)48-23-11-8-12-24-48)65-36-20-32-59-57-30-18-34-63(76(4,5)6)71(57)80-73(59)65/h7-46H,1-6H3. The Morgan fingerprint density at radius 3 is 1.14 bits per heavy atom. The summed E-state index contributed by atoms with van der Waals surface area (Å²) in [5.41, 5.74) is 16.6. The lowest BCUT2D eigenvalue weighted by Gasteiger charge is -2.28. The Kier molecular flexibility index (Phi) is 11.2. The number of hydrogen-bond acceptors (Lipinski definition) is 5. The molecule has 0 fully saturated rings. The van der Waals surface area contributed by atoms with Crippen LogP contribution in [0.4, 0.5) is 34.1 Å². The number of hydrogen-bond donors (Lipinski definition) is 0. The maximum Gasteiger partial charge on any atom is 0.159 e. The number of thiophene rings is 1. The molecule has 5 heteroatoms. The van der Waals surface area contributed by atoms with E-state index in [0.717, 1.165) is 99.9 Å². The van der Waals surface area contributed by atoms with Gasteiger partial charge in [0.2, 0.25) is 0 Å². The highest BCUT2D eigenvalue weighted by Crippen LogP contribution is 2.53. The van der Waals surface area contributed by atoms with Gasteiger partial charge >= 0.3 is 0 Å². The topological polar surface area (TPSA) is 32.8 Å². The zero-order valence-corrected chi connectivity index (χ0v) is 47.0. The molecule has 0 N–H and O–H groups in total. The second-order valence-electron chi connectivity index (χ2n) is 23.6. The number of para-hydroxylation sites is 4. The van der Waals surface area contributed by atoms with Gasteiger partial charge in [-0.05, 0) is 87.0 Å². The van der Waals surface area contributed by atoms with Gasteiger partial charge < -0.3 is 18.6 Å². The van der Waals surface area contributed by atoms with E-state index in [1.165, 1.54) is 53.2 Å². The van der Waals surface area contributed by atoms with Gasteiger partial charge in [-0.1, -0.05) is 236 Å². The van der Waals surface area contributed by atoms with E-state index in [4.69, 9.17) is 8.83 Å². The van der Waals surface area contributed by atoms with Crippen LogP contribution in [-0.2, 0) is 10.8 Å². The van der Waals surface area contributed by atoms with Crippen LogP contribution in [-0.4, -0.2) is 0 Å². The van der Waals surface area contributed by atoms with E-state index < -0.39 is 0 Å². The molecule has 390 valence electrons. The molecule has 0 saturated carbocycles. The van der Waals surface area contributed by atoms with Crippen LogP contribution in [0.1, 0.15) is 52.7 Å². The second kappa shape index (κ2) is 18.6. The van der Waals surface area contributed by atoms with Crippen LogP contribution in [0.25, 0.3) is 108 Å². The molecule has 0 aliphatic heterocycles. The van der Waals surface area contributed by atoms with Gasteiger partial charge in [-0.3, -0.25) is 0 Å². The molecule has 0 spiro atoms. The first-order valence-corrected chi connectivity index (χ1v) is 28.9. The quantitative estimate of drug-likeness (QED) is 0.152. The summed E-state index contributed by atoms with van der Waals surface area (Å²) >= 11 is 1.87. The molecule has 0 aliphatic rings. The summed E-state index contributed by atoms with van der Waals surface area (Å²) in [4.78, 5) is 4.88. The molecular weight excluding hydrogens is 1000 g/mol. The van der Waals surface area contributed by atoms with Gasteiger partial charge in [-0.15, -0.1) is 11.3 Å². The molecule has 15 rings (SSSR count). The SMILES string of the molecule is CC(C)(C)c1cccc2c1oc1c(N(c3ccc(-c4ccccc4)cc3)c3cc4c(sc5cc(N(c6ccc(-c7ccccc7)cc6)c6cccc7c6oc6c(C(C)(C)C)cccc67)c6ccccc6c54)c4ccccc34)cccc12. The molecule has 0 radical (unpaired) electrons. The van der Waals surface area contributed by atoms with Crippen molar-refractivity contribution in [2.24, 2.45) is 0 Å². The Labute approximate surface area is 475 Å². The Bertz CT molecular complexity index is 4940. The Morgan fingerprint density at radius 1 is 0.296 bits per heavy atom. The van der Waals surface area contributed by atoms with Crippen molar-refractivity contribution in [2.75, 3.05) is 9.80 Å². The minimum Gasteiger partial charge on any atom is -0.454 e. The Morgan fingerprint density at radius 2 is 0.667 bits per heavy atom. The van der Waals surface area contributed by atoms with E-state index in [1.54, 1.807) is 0 Å². The zero-order chi connectivity index (χ0) is 54.7. The monoisotopic (exact) mass is 1060 g/mol. The summed E-state index contributed by atoms with van der Waals surface area (Å²) < 4.78 is 16.9. The predicted molar refractivity (Wildman–Crippen MR) is 347 cm³/mol. The first-order valence-electron chi connectivity index (χ1n) is 28.1. The number of anilines is 6. The van der Waals surface area contributed by atoms with Crippen LogP contribution in [0.2, 0.25) is 0 Å². The fourth-order valence-electron chi connectivity index (χ4n) is 12.6. The van der Waals surface area contributed by atoms with Gasteiger partial charge in [0.05, 0.1) is 22.7 Å². The molecule has 3 aromatic heterocycles. The highest BCUT2D eigenvalue weighted by molar-refractivity contribution is 7.27. The Hall–Kier alpha value is -9.42. The van der Waals surface area contributed by atoms with E-state index in [-0.39, 0.29) is 10.8 Å². The predicted octanol–water partition coefficient (Wildman–Crippen LogP) is 23.0. The maximum atomic E-state index is 7.22. The van der Waals surface area contributed by atoms with E-state index in [2.05, 4.69) is 294 Å². The molecule has 0 unspecified atom stereocenters. The zero-order valence-electron chi connectivity index (χ0n) is 46.2. The lowest BCUT2D eigenvalue weighted by molar-refractivity contribution is 0.572. The van der Waals surface area contributed by atoms with Gasteiger partial charge in [0, 0.05) is 80.4 Å². The fraction of sp³-hybridized carbons (Fsp3) is 0.105. The summed E-state index contributed by atoms with van der Waals surface area (Å²) in [6.45, 7) is 13.6. The smallest absolute Gasteiger partial charge is 0.159 e. The van der Waals surface area contributed by atoms with E-state index in [9.17, 15) is 0 Å². The lowest BCUT2D eigenvalue weighted by Crippen LogP contribution is -2.11. The molecule has 3 heterocycles. The van der Waals surface area contributed by atoms with Gasteiger partial charge in [-0.2, -0.15) is 0 Å². The molecule has 12 aromatic carbocycles.